The first-order chi connectivity index (χ1) is 7.10. The molecule has 1 aliphatic heterocycles. The normalized spacial score (nSPS) is 18.4. The number of piperidine rings is 1. The Bertz CT molecular complexity index is 255. The second-order valence-corrected chi connectivity index (χ2v) is 4.77. The summed E-state index contributed by atoms with van der Waals surface area (Å²) in [5.74, 6) is -0.0490. The van der Waals surface area contributed by atoms with Crippen LogP contribution in [0.15, 0.2) is 11.1 Å². The summed E-state index contributed by atoms with van der Waals surface area (Å²) < 4.78 is 6.14. The summed E-state index contributed by atoms with van der Waals surface area (Å²) in [7, 11) is 1.59. The van der Waals surface area contributed by atoms with E-state index in [2.05, 4.69) is 33.1 Å². The van der Waals surface area contributed by atoms with Crippen LogP contribution in [0.1, 0.15) is 12.8 Å². The first-order valence-electron chi connectivity index (χ1n) is 4.98. The Morgan fingerprint density at radius 2 is 2.12 bits per heavy atom. The van der Waals surface area contributed by atoms with E-state index in [0.29, 0.717) is 19.4 Å². The topological polar surface area (TPSA) is 50.4 Å². The van der Waals surface area contributed by atoms with Gasteiger partial charge in [0.15, 0.2) is 0 Å². The molecule has 0 aromatic carbocycles. The lowest BCUT2D eigenvalue weighted by Crippen LogP contribution is -2.54. The highest BCUT2D eigenvalue weighted by molar-refractivity contribution is 9.11. The Morgan fingerprint density at radius 1 is 1.56 bits per heavy atom. The predicted molar refractivity (Wildman–Crippen MR) is 70.2 cm³/mol. The fourth-order valence-electron chi connectivity index (χ4n) is 1.69. The number of nitrogens with one attached hydrogen (secondary N) is 2. The van der Waals surface area contributed by atoms with Crippen molar-refractivity contribution in [3.8, 4) is 0 Å². The lowest BCUT2D eigenvalue weighted by molar-refractivity contribution is -0.146. The first kappa shape index (κ1) is 15.9. The number of methoxy groups -OCH3 is 1. The zero-order valence-electron chi connectivity index (χ0n) is 9.35. The van der Waals surface area contributed by atoms with Crippen LogP contribution in [0, 0.1) is 0 Å². The van der Waals surface area contributed by atoms with Gasteiger partial charge >= 0.3 is 0 Å². The van der Waals surface area contributed by atoms with Crippen LogP contribution in [-0.4, -0.2) is 38.3 Å². The molecular formula is C10H18BrClN2O2. The van der Waals surface area contributed by atoms with E-state index in [-0.39, 0.29) is 18.3 Å². The van der Waals surface area contributed by atoms with Crippen LogP contribution in [-0.2, 0) is 9.53 Å². The lowest BCUT2D eigenvalue weighted by atomic mass is 9.91. The van der Waals surface area contributed by atoms with E-state index in [4.69, 9.17) is 4.74 Å². The van der Waals surface area contributed by atoms with E-state index in [1.54, 1.807) is 7.11 Å². The van der Waals surface area contributed by atoms with E-state index >= 15 is 0 Å². The van der Waals surface area contributed by atoms with Crippen molar-refractivity contribution < 1.29 is 9.53 Å². The van der Waals surface area contributed by atoms with Gasteiger partial charge in [-0.25, -0.2) is 0 Å². The fourth-order valence-corrected chi connectivity index (χ4v) is 1.83. The minimum Gasteiger partial charge on any atom is -0.368 e. The zero-order valence-corrected chi connectivity index (χ0v) is 11.7. The van der Waals surface area contributed by atoms with Crippen molar-refractivity contribution in [1.82, 2.24) is 10.6 Å². The fraction of sp³-hybridized carbons (Fsp3) is 0.700. The number of hydrogen-bond acceptors (Lipinski definition) is 3. The molecule has 0 saturated carbocycles. The maximum absolute atomic E-state index is 11.9. The van der Waals surface area contributed by atoms with Gasteiger partial charge in [-0.2, -0.15) is 0 Å². The smallest absolute Gasteiger partial charge is 0.252 e. The number of ether oxygens (including phenoxy) is 1. The third kappa shape index (κ3) is 4.05. The quantitative estimate of drug-likeness (QED) is 0.820. The summed E-state index contributed by atoms with van der Waals surface area (Å²) in [4.78, 5) is 11.9. The summed E-state index contributed by atoms with van der Waals surface area (Å²) in [5.41, 5.74) is -0.659. The van der Waals surface area contributed by atoms with Crippen LogP contribution < -0.4 is 10.6 Å². The molecule has 0 atom stereocenters. The van der Waals surface area contributed by atoms with Crippen molar-refractivity contribution in [1.29, 1.82) is 0 Å². The molecule has 0 bridgehead atoms. The van der Waals surface area contributed by atoms with Gasteiger partial charge in [-0.1, -0.05) is 22.5 Å². The van der Waals surface area contributed by atoms with Crippen molar-refractivity contribution in [2.24, 2.45) is 0 Å². The lowest BCUT2D eigenvalue weighted by Gasteiger charge is -2.34. The molecule has 2 N–H and O–H groups in total. The number of halogens is 2. The van der Waals surface area contributed by atoms with E-state index in [1.165, 1.54) is 0 Å². The maximum atomic E-state index is 11.9. The molecule has 1 saturated heterocycles. The number of carbonyl (C=O) groups excluding carboxylic acids is 1. The Balaban J connectivity index is 0.00000225. The first-order valence-corrected chi connectivity index (χ1v) is 5.77. The average Bonchev–Trinajstić information content (AvgIpc) is 2.26. The number of amides is 1. The molecular weight excluding hydrogens is 295 g/mol. The van der Waals surface area contributed by atoms with E-state index in [0.717, 1.165) is 17.6 Å². The summed E-state index contributed by atoms with van der Waals surface area (Å²) in [6, 6.07) is 0. The number of carbonyl (C=O) groups is 1. The van der Waals surface area contributed by atoms with Crippen LogP contribution >= 0.6 is 28.3 Å². The molecule has 0 radical (unpaired) electrons. The maximum Gasteiger partial charge on any atom is 0.252 e. The highest BCUT2D eigenvalue weighted by atomic mass is 79.9. The Kier molecular flexibility index (Phi) is 7.22. The van der Waals surface area contributed by atoms with Gasteiger partial charge in [0.1, 0.15) is 5.60 Å². The molecule has 1 amide bonds. The standard InChI is InChI=1S/C10H17BrN2O2.ClH/c1-8(11)7-13-9(14)10(15-2)3-5-12-6-4-10;/h12H,1,3-7H2,2H3,(H,13,14);1H. The molecule has 1 rings (SSSR count). The molecule has 6 heteroatoms. The third-order valence-electron chi connectivity index (χ3n) is 2.66. The van der Waals surface area contributed by atoms with Crippen molar-refractivity contribution in [2.75, 3.05) is 26.7 Å². The van der Waals surface area contributed by atoms with Gasteiger partial charge in [-0.05, 0) is 25.9 Å². The number of hydrogen-bond donors (Lipinski definition) is 2. The number of rotatable bonds is 4. The predicted octanol–water partition coefficient (Wildman–Crippen LogP) is 1.20. The molecule has 16 heavy (non-hydrogen) atoms. The van der Waals surface area contributed by atoms with Crippen molar-refractivity contribution in [3.05, 3.63) is 11.1 Å². The van der Waals surface area contributed by atoms with Crippen LogP contribution in [0.3, 0.4) is 0 Å². The van der Waals surface area contributed by atoms with Gasteiger partial charge in [0, 0.05) is 18.1 Å². The molecule has 0 aromatic heterocycles. The van der Waals surface area contributed by atoms with Crippen molar-refractivity contribution in [3.63, 3.8) is 0 Å². The molecule has 0 spiro atoms. The highest BCUT2D eigenvalue weighted by Crippen LogP contribution is 2.22. The summed E-state index contributed by atoms with van der Waals surface area (Å²) in [6.07, 6.45) is 1.42. The monoisotopic (exact) mass is 312 g/mol. The van der Waals surface area contributed by atoms with E-state index in [1.807, 2.05) is 0 Å². The van der Waals surface area contributed by atoms with Crippen LogP contribution in [0.5, 0.6) is 0 Å². The average molecular weight is 314 g/mol. The Morgan fingerprint density at radius 3 is 2.56 bits per heavy atom. The second kappa shape index (κ2) is 7.27. The molecule has 1 fully saturated rings. The minimum atomic E-state index is -0.659. The molecule has 1 aliphatic rings. The van der Waals surface area contributed by atoms with E-state index < -0.39 is 5.60 Å². The van der Waals surface area contributed by atoms with Gasteiger partial charge in [0.2, 0.25) is 0 Å². The third-order valence-corrected chi connectivity index (χ3v) is 2.94. The molecule has 0 unspecified atom stereocenters. The van der Waals surface area contributed by atoms with Gasteiger partial charge in [-0.3, -0.25) is 4.79 Å². The van der Waals surface area contributed by atoms with Gasteiger partial charge in [0.25, 0.3) is 5.91 Å². The molecule has 1 heterocycles. The molecule has 0 aliphatic carbocycles. The highest BCUT2D eigenvalue weighted by Gasteiger charge is 2.39. The van der Waals surface area contributed by atoms with Crippen molar-refractivity contribution >= 4 is 34.2 Å². The summed E-state index contributed by atoms with van der Waals surface area (Å²) >= 11 is 3.20. The van der Waals surface area contributed by atoms with Crippen LogP contribution in [0.2, 0.25) is 0 Å². The summed E-state index contributed by atoms with van der Waals surface area (Å²) in [5, 5.41) is 6.01. The SMILES string of the molecule is C=C(Br)CNC(=O)C1(OC)CCNCC1.Cl. The minimum absolute atomic E-state index is 0. The van der Waals surface area contributed by atoms with Crippen LogP contribution in [0.4, 0.5) is 0 Å². The summed E-state index contributed by atoms with van der Waals surface area (Å²) in [6.45, 7) is 5.74. The van der Waals surface area contributed by atoms with E-state index in [9.17, 15) is 4.79 Å². The van der Waals surface area contributed by atoms with Gasteiger partial charge in [-0.15, -0.1) is 12.4 Å². The molecule has 94 valence electrons. The molecule has 0 aromatic rings. The van der Waals surface area contributed by atoms with Crippen molar-refractivity contribution in [2.45, 2.75) is 18.4 Å². The van der Waals surface area contributed by atoms with Crippen LogP contribution in [0.25, 0.3) is 0 Å². The Labute approximate surface area is 111 Å². The van der Waals surface area contributed by atoms with Gasteiger partial charge in [0.05, 0.1) is 0 Å². The second-order valence-electron chi connectivity index (χ2n) is 3.65. The molecule has 4 nitrogen and oxygen atoms in total. The Hall–Kier alpha value is -0.100. The largest absolute Gasteiger partial charge is 0.368 e. The van der Waals surface area contributed by atoms with Gasteiger partial charge < -0.3 is 15.4 Å². The zero-order chi connectivity index (χ0) is 11.3.